The molecule has 2 aromatic rings. The summed E-state index contributed by atoms with van der Waals surface area (Å²) >= 11 is 0. The summed E-state index contributed by atoms with van der Waals surface area (Å²) in [7, 11) is -8.02. The van der Waals surface area contributed by atoms with Gasteiger partial charge in [0.05, 0.1) is 15.5 Å². The number of nitrogens with zero attached hydrogens (tertiary/aromatic N) is 1. The first-order valence-corrected chi connectivity index (χ1v) is 12.4. The minimum Gasteiger partial charge on any atom is -0.506 e. The molecule has 0 aliphatic carbocycles. The van der Waals surface area contributed by atoms with Crippen LogP contribution in [0.3, 0.4) is 0 Å². The molecule has 3 N–H and O–H groups in total. The monoisotopic (exact) mass is 491 g/mol. The summed E-state index contributed by atoms with van der Waals surface area (Å²) in [4.78, 5) is 11.5. The molecule has 0 aliphatic heterocycles. The van der Waals surface area contributed by atoms with Crippen LogP contribution >= 0.6 is 0 Å². The molecule has 32 heavy (non-hydrogen) atoms. The Labute approximate surface area is 185 Å². The summed E-state index contributed by atoms with van der Waals surface area (Å²) in [6, 6.07) is 5.48. The molecule has 0 spiro atoms. The first kappa shape index (κ1) is 25.6. The van der Waals surface area contributed by atoms with Gasteiger partial charge in [-0.05, 0) is 36.4 Å². The van der Waals surface area contributed by atoms with E-state index in [1.54, 1.807) is 13.8 Å². The van der Waals surface area contributed by atoms with Crippen LogP contribution in [0, 0.1) is 11.6 Å². The summed E-state index contributed by atoms with van der Waals surface area (Å²) in [5, 5.41) is 12.3. The highest BCUT2D eigenvalue weighted by Crippen LogP contribution is 2.28. The molecule has 0 bridgehead atoms. The van der Waals surface area contributed by atoms with Crippen molar-refractivity contribution in [2.24, 2.45) is 0 Å². The number of rotatable bonds is 10. The molecule has 0 heterocycles. The van der Waals surface area contributed by atoms with Gasteiger partial charge in [0.1, 0.15) is 5.75 Å². The maximum Gasteiger partial charge on any atom is 0.243 e. The van der Waals surface area contributed by atoms with E-state index in [4.69, 9.17) is 0 Å². The lowest BCUT2D eigenvalue weighted by atomic mass is 10.3. The van der Waals surface area contributed by atoms with Crippen molar-refractivity contribution in [2.45, 2.75) is 30.1 Å². The average Bonchev–Trinajstić information content (AvgIpc) is 2.72. The number of halogens is 2. The number of carbonyl (C=O) groups excluding carboxylic acids is 1. The molecular formula is C19H23F2N3O6S2. The third-order valence-corrected chi connectivity index (χ3v) is 7.94. The van der Waals surface area contributed by atoms with Crippen LogP contribution < -0.4 is 10.0 Å². The second-order valence-electron chi connectivity index (χ2n) is 6.54. The lowest BCUT2D eigenvalue weighted by Gasteiger charge is -2.19. The zero-order chi connectivity index (χ0) is 24.1. The van der Waals surface area contributed by atoms with Gasteiger partial charge in [0.15, 0.2) is 11.6 Å². The Morgan fingerprint density at radius 3 is 2.19 bits per heavy atom. The number of aromatic hydroxyl groups is 1. The number of hydrogen-bond acceptors (Lipinski definition) is 6. The maximum absolute atomic E-state index is 13.3. The van der Waals surface area contributed by atoms with Crippen LogP contribution in [0.25, 0.3) is 0 Å². The van der Waals surface area contributed by atoms with Gasteiger partial charge in [-0.2, -0.15) is 4.31 Å². The average molecular weight is 492 g/mol. The van der Waals surface area contributed by atoms with Gasteiger partial charge >= 0.3 is 0 Å². The van der Waals surface area contributed by atoms with Crippen molar-refractivity contribution < 1.29 is 35.5 Å². The Hall–Kier alpha value is -2.61. The Morgan fingerprint density at radius 2 is 1.59 bits per heavy atom. The summed E-state index contributed by atoms with van der Waals surface area (Å²) in [6.07, 6.45) is -0.380. The molecule has 0 saturated carbocycles. The molecule has 0 aliphatic rings. The number of hydrogen-bond donors (Lipinski definition) is 3. The summed E-state index contributed by atoms with van der Waals surface area (Å²) in [6.45, 7) is 3.43. The molecule has 176 valence electrons. The van der Waals surface area contributed by atoms with Crippen molar-refractivity contribution in [1.82, 2.24) is 9.03 Å². The van der Waals surface area contributed by atoms with Crippen molar-refractivity contribution in [3.63, 3.8) is 0 Å². The van der Waals surface area contributed by atoms with E-state index in [-0.39, 0.29) is 42.4 Å². The first-order chi connectivity index (χ1) is 14.9. The van der Waals surface area contributed by atoms with Gasteiger partial charge in [-0.25, -0.2) is 30.3 Å². The van der Waals surface area contributed by atoms with Gasteiger partial charge in [0, 0.05) is 26.1 Å². The lowest BCUT2D eigenvalue weighted by molar-refractivity contribution is -0.116. The number of nitrogens with one attached hydrogen (secondary N) is 2. The molecule has 0 atom stereocenters. The predicted octanol–water partition coefficient (Wildman–Crippen LogP) is 2.01. The fourth-order valence-corrected chi connectivity index (χ4v) is 5.26. The molecule has 0 radical (unpaired) electrons. The molecule has 0 unspecified atom stereocenters. The van der Waals surface area contributed by atoms with Crippen LogP contribution in [0.2, 0.25) is 0 Å². The van der Waals surface area contributed by atoms with E-state index in [1.165, 1.54) is 10.4 Å². The minimum absolute atomic E-state index is 0.131. The van der Waals surface area contributed by atoms with Crippen LogP contribution in [0.1, 0.15) is 20.3 Å². The fourth-order valence-electron chi connectivity index (χ4n) is 2.73. The van der Waals surface area contributed by atoms with Crippen LogP contribution in [0.4, 0.5) is 14.5 Å². The van der Waals surface area contributed by atoms with E-state index in [0.717, 1.165) is 18.2 Å². The summed E-state index contributed by atoms with van der Waals surface area (Å²) in [5.41, 5.74) is -0.160. The van der Waals surface area contributed by atoms with Crippen molar-refractivity contribution in [3.05, 3.63) is 48.0 Å². The van der Waals surface area contributed by atoms with Crippen LogP contribution in [0.5, 0.6) is 5.75 Å². The van der Waals surface area contributed by atoms with Crippen molar-refractivity contribution >= 4 is 31.6 Å². The quantitative estimate of drug-likeness (QED) is 0.436. The van der Waals surface area contributed by atoms with Crippen LogP contribution in [-0.2, 0) is 24.8 Å². The number of sulfonamides is 2. The van der Waals surface area contributed by atoms with Gasteiger partial charge in [0.2, 0.25) is 26.0 Å². The lowest BCUT2D eigenvalue weighted by Crippen LogP contribution is -2.30. The molecular weight excluding hydrogens is 468 g/mol. The third-order valence-electron chi connectivity index (χ3n) is 4.43. The van der Waals surface area contributed by atoms with Crippen molar-refractivity contribution in [1.29, 1.82) is 0 Å². The fraction of sp³-hybridized carbons (Fsp3) is 0.316. The van der Waals surface area contributed by atoms with Crippen molar-refractivity contribution in [2.75, 3.05) is 25.0 Å². The molecule has 2 aromatic carbocycles. The zero-order valence-corrected chi connectivity index (χ0v) is 18.9. The summed E-state index contributed by atoms with van der Waals surface area (Å²) in [5.74, 6) is -3.63. The summed E-state index contributed by atoms with van der Waals surface area (Å²) < 4.78 is 79.0. The number of benzene rings is 2. The number of phenols is 1. The van der Waals surface area contributed by atoms with Crippen LogP contribution in [-0.4, -0.2) is 51.8 Å². The SMILES string of the molecule is CCN(CC)S(=O)(=O)c1ccc(O)c(NC(=O)CCNS(=O)(=O)c2ccc(F)c(F)c2)c1. The molecule has 2 rings (SSSR count). The number of anilines is 1. The first-order valence-electron chi connectivity index (χ1n) is 9.50. The van der Waals surface area contributed by atoms with E-state index in [2.05, 4.69) is 10.0 Å². The van der Waals surface area contributed by atoms with E-state index < -0.39 is 42.5 Å². The molecule has 0 saturated heterocycles. The van der Waals surface area contributed by atoms with Gasteiger partial charge in [-0.1, -0.05) is 13.8 Å². The molecule has 0 fully saturated rings. The van der Waals surface area contributed by atoms with E-state index >= 15 is 0 Å². The number of amides is 1. The normalized spacial score (nSPS) is 12.2. The van der Waals surface area contributed by atoms with E-state index in [0.29, 0.717) is 12.1 Å². The molecule has 9 nitrogen and oxygen atoms in total. The molecule has 1 amide bonds. The number of carbonyl (C=O) groups is 1. The van der Waals surface area contributed by atoms with Gasteiger partial charge in [-0.3, -0.25) is 4.79 Å². The molecule has 0 aromatic heterocycles. The standard InChI is InChI=1S/C19H23F2N3O6S2/c1-3-24(4-2)32(29,30)14-6-8-18(25)17(12-14)23-19(26)9-10-22-31(27,28)13-5-7-15(20)16(21)11-13/h5-8,11-12,22,25H,3-4,9-10H2,1-2H3,(H,23,26). The van der Waals surface area contributed by atoms with E-state index in [1.807, 2.05) is 0 Å². The largest absolute Gasteiger partial charge is 0.506 e. The van der Waals surface area contributed by atoms with Gasteiger partial charge < -0.3 is 10.4 Å². The Balaban J connectivity index is 2.06. The Morgan fingerprint density at radius 1 is 0.969 bits per heavy atom. The van der Waals surface area contributed by atoms with Crippen molar-refractivity contribution in [3.8, 4) is 5.75 Å². The Kier molecular flexibility index (Phi) is 8.29. The second kappa shape index (κ2) is 10.3. The highest BCUT2D eigenvalue weighted by Gasteiger charge is 2.23. The third kappa shape index (κ3) is 6.00. The highest BCUT2D eigenvalue weighted by atomic mass is 32.2. The van der Waals surface area contributed by atoms with Crippen LogP contribution in [0.15, 0.2) is 46.2 Å². The highest BCUT2D eigenvalue weighted by molar-refractivity contribution is 7.89. The number of phenolic OH excluding ortho intramolecular Hbond substituents is 1. The van der Waals surface area contributed by atoms with Gasteiger partial charge in [-0.15, -0.1) is 0 Å². The van der Waals surface area contributed by atoms with E-state index in [9.17, 15) is 35.5 Å². The second-order valence-corrected chi connectivity index (χ2v) is 10.2. The Bertz CT molecular complexity index is 1200. The predicted molar refractivity (Wildman–Crippen MR) is 113 cm³/mol. The minimum atomic E-state index is -4.19. The smallest absolute Gasteiger partial charge is 0.243 e. The topological polar surface area (TPSA) is 133 Å². The zero-order valence-electron chi connectivity index (χ0n) is 17.3. The molecule has 13 heteroatoms. The maximum atomic E-state index is 13.3. The van der Waals surface area contributed by atoms with Gasteiger partial charge in [0.25, 0.3) is 0 Å².